The summed E-state index contributed by atoms with van der Waals surface area (Å²) in [6.45, 7) is 1.64. The summed E-state index contributed by atoms with van der Waals surface area (Å²) in [5, 5.41) is 2.96. The monoisotopic (exact) mass is 474 g/mol. The second-order valence-corrected chi connectivity index (χ2v) is 8.61. The van der Waals surface area contributed by atoms with Crippen LogP contribution in [0, 0.1) is 24.5 Å². The van der Waals surface area contributed by atoms with Crippen molar-refractivity contribution < 1.29 is 26.7 Å². The number of alkyl halides is 3. The molecule has 34 heavy (non-hydrogen) atoms. The molecule has 1 amide bonds. The lowest BCUT2D eigenvalue weighted by Crippen LogP contribution is -2.30. The van der Waals surface area contributed by atoms with Crippen molar-refractivity contribution in [2.45, 2.75) is 38.5 Å². The molecule has 1 fully saturated rings. The first-order valence-corrected chi connectivity index (χ1v) is 10.8. The Morgan fingerprint density at radius 3 is 2.41 bits per heavy atom. The fourth-order valence-corrected chi connectivity index (χ4v) is 4.09. The highest BCUT2D eigenvalue weighted by Gasteiger charge is 2.35. The zero-order chi connectivity index (χ0) is 24.6. The Morgan fingerprint density at radius 2 is 1.79 bits per heavy atom. The van der Waals surface area contributed by atoms with Crippen LogP contribution in [0.25, 0.3) is 11.1 Å². The second-order valence-electron chi connectivity index (χ2n) is 8.61. The summed E-state index contributed by atoms with van der Waals surface area (Å²) in [6.07, 6.45) is -2.98. The standard InChI is InChI=1S/C26H23F5N2O/c1-14-8-17(4-7-23(14)28)24(16-2-3-16)33-25(34)19-10-15(13-32)9-18(11-19)21-6-5-20(27)12-22(21)26(29,30)31/h4-12,16,24H,2-3,13,32H2,1H3,(H,33,34). The molecule has 1 aliphatic rings. The van der Waals surface area contributed by atoms with E-state index in [0.717, 1.165) is 30.5 Å². The van der Waals surface area contributed by atoms with Gasteiger partial charge >= 0.3 is 6.18 Å². The fourth-order valence-electron chi connectivity index (χ4n) is 4.09. The van der Waals surface area contributed by atoms with Gasteiger partial charge in [-0.3, -0.25) is 4.79 Å². The van der Waals surface area contributed by atoms with Gasteiger partial charge in [-0.1, -0.05) is 18.2 Å². The highest BCUT2D eigenvalue weighted by Crippen LogP contribution is 2.42. The van der Waals surface area contributed by atoms with E-state index in [2.05, 4.69) is 5.32 Å². The zero-order valence-electron chi connectivity index (χ0n) is 18.3. The molecule has 0 aliphatic heterocycles. The molecule has 0 aromatic heterocycles. The maximum Gasteiger partial charge on any atom is 0.417 e. The topological polar surface area (TPSA) is 55.1 Å². The van der Waals surface area contributed by atoms with Crippen LogP contribution in [0.3, 0.4) is 0 Å². The smallest absolute Gasteiger partial charge is 0.345 e. The molecule has 1 aliphatic carbocycles. The van der Waals surface area contributed by atoms with Gasteiger partial charge < -0.3 is 11.1 Å². The molecule has 1 unspecified atom stereocenters. The predicted molar refractivity (Wildman–Crippen MR) is 119 cm³/mol. The summed E-state index contributed by atoms with van der Waals surface area (Å²) in [5.41, 5.74) is 6.30. The molecule has 0 heterocycles. The van der Waals surface area contributed by atoms with E-state index < -0.39 is 23.5 Å². The Labute approximate surface area is 193 Å². The predicted octanol–water partition coefficient (Wildman–Crippen LogP) is 6.30. The summed E-state index contributed by atoms with van der Waals surface area (Å²) < 4.78 is 68.0. The van der Waals surface area contributed by atoms with Crippen LogP contribution in [0.15, 0.2) is 54.6 Å². The number of rotatable bonds is 6. The zero-order valence-corrected chi connectivity index (χ0v) is 18.3. The third-order valence-electron chi connectivity index (χ3n) is 6.01. The molecule has 0 spiro atoms. The first kappa shape index (κ1) is 23.9. The number of aryl methyl sites for hydroxylation is 1. The van der Waals surface area contributed by atoms with Gasteiger partial charge in [-0.15, -0.1) is 0 Å². The van der Waals surface area contributed by atoms with Crippen LogP contribution in [0.1, 0.15) is 51.5 Å². The van der Waals surface area contributed by atoms with Gasteiger partial charge in [0.1, 0.15) is 11.6 Å². The Bertz CT molecular complexity index is 1230. The Morgan fingerprint density at radius 1 is 1.06 bits per heavy atom. The first-order chi connectivity index (χ1) is 16.1. The van der Waals surface area contributed by atoms with Crippen molar-refractivity contribution in [3.05, 3.63) is 94.0 Å². The van der Waals surface area contributed by atoms with Crippen LogP contribution in [0.4, 0.5) is 22.0 Å². The molecule has 178 valence electrons. The molecule has 8 heteroatoms. The third-order valence-corrected chi connectivity index (χ3v) is 6.01. The molecule has 4 rings (SSSR count). The van der Waals surface area contributed by atoms with Crippen LogP contribution in [0.5, 0.6) is 0 Å². The van der Waals surface area contributed by atoms with E-state index in [9.17, 15) is 26.7 Å². The van der Waals surface area contributed by atoms with Gasteiger partial charge in [0, 0.05) is 12.1 Å². The molecule has 3 aromatic rings. The SMILES string of the molecule is Cc1cc(C(NC(=O)c2cc(CN)cc(-c3ccc(F)cc3C(F)(F)F)c2)C2CC2)ccc1F. The minimum Gasteiger partial charge on any atom is -0.345 e. The molecule has 3 aromatic carbocycles. The number of hydrogen-bond donors (Lipinski definition) is 2. The van der Waals surface area contributed by atoms with Gasteiger partial charge in [-0.25, -0.2) is 8.78 Å². The van der Waals surface area contributed by atoms with Crippen LogP contribution < -0.4 is 11.1 Å². The van der Waals surface area contributed by atoms with Crippen LogP contribution in [0.2, 0.25) is 0 Å². The minimum atomic E-state index is -4.78. The van der Waals surface area contributed by atoms with Gasteiger partial charge in [0.25, 0.3) is 5.91 Å². The molecule has 3 N–H and O–H groups in total. The number of carbonyl (C=O) groups is 1. The van der Waals surface area contributed by atoms with Crippen molar-refractivity contribution in [2.75, 3.05) is 0 Å². The van der Waals surface area contributed by atoms with E-state index >= 15 is 0 Å². The summed E-state index contributed by atoms with van der Waals surface area (Å²) in [5.74, 6) is -1.64. The maximum atomic E-state index is 13.7. The summed E-state index contributed by atoms with van der Waals surface area (Å²) in [7, 11) is 0. The molecule has 0 saturated heterocycles. The lowest BCUT2D eigenvalue weighted by Gasteiger charge is -2.20. The van der Waals surface area contributed by atoms with Crippen molar-refractivity contribution in [1.82, 2.24) is 5.32 Å². The third kappa shape index (κ3) is 5.12. The fraction of sp³-hybridized carbons (Fsp3) is 0.269. The van der Waals surface area contributed by atoms with Crippen molar-refractivity contribution in [3.8, 4) is 11.1 Å². The van der Waals surface area contributed by atoms with Gasteiger partial charge in [0.05, 0.1) is 11.6 Å². The lowest BCUT2D eigenvalue weighted by molar-refractivity contribution is -0.137. The largest absolute Gasteiger partial charge is 0.417 e. The van der Waals surface area contributed by atoms with Gasteiger partial charge in [0.15, 0.2) is 0 Å². The summed E-state index contributed by atoms with van der Waals surface area (Å²) in [4.78, 5) is 13.2. The number of amides is 1. The van der Waals surface area contributed by atoms with Crippen molar-refractivity contribution in [2.24, 2.45) is 11.7 Å². The van der Waals surface area contributed by atoms with Crippen LogP contribution in [-0.2, 0) is 12.7 Å². The van der Waals surface area contributed by atoms with Crippen molar-refractivity contribution in [3.63, 3.8) is 0 Å². The normalized spacial score (nSPS) is 14.7. The lowest BCUT2D eigenvalue weighted by atomic mass is 9.94. The summed E-state index contributed by atoms with van der Waals surface area (Å²) in [6, 6.07) is 11.1. The second kappa shape index (κ2) is 9.18. The quantitative estimate of drug-likeness (QED) is 0.412. The maximum absolute atomic E-state index is 13.7. The number of carbonyl (C=O) groups excluding carboxylic acids is 1. The number of hydrogen-bond acceptors (Lipinski definition) is 2. The molecular weight excluding hydrogens is 451 g/mol. The number of nitrogens with one attached hydrogen (secondary N) is 1. The van der Waals surface area contributed by atoms with E-state index in [1.54, 1.807) is 19.1 Å². The van der Waals surface area contributed by atoms with Crippen LogP contribution >= 0.6 is 0 Å². The Balaban J connectivity index is 1.71. The average Bonchev–Trinajstić information content (AvgIpc) is 3.63. The number of nitrogens with two attached hydrogens (primary N) is 1. The molecule has 1 saturated carbocycles. The average molecular weight is 474 g/mol. The number of benzene rings is 3. The van der Waals surface area contributed by atoms with E-state index in [4.69, 9.17) is 5.73 Å². The molecule has 0 bridgehead atoms. The molecule has 0 radical (unpaired) electrons. The van der Waals surface area contributed by atoms with Crippen molar-refractivity contribution >= 4 is 5.91 Å². The van der Waals surface area contributed by atoms with E-state index in [0.29, 0.717) is 17.2 Å². The Hall–Kier alpha value is -3.26. The van der Waals surface area contributed by atoms with Gasteiger partial charge in [0.2, 0.25) is 0 Å². The first-order valence-electron chi connectivity index (χ1n) is 10.8. The highest BCUT2D eigenvalue weighted by molar-refractivity contribution is 5.96. The molecule has 1 atom stereocenters. The van der Waals surface area contributed by atoms with Crippen molar-refractivity contribution in [1.29, 1.82) is 0 Å². The van der Waals surface area contributed by atoms with Crippen LogP contribution in [-0.4, -0.2) is 5.91 Å². The minimum absolute atomic E-state index is 0.000123. The summed E-state index contributed by atoms with van der Waals surface area (Å²) >= 11 is 0. The highest BCUT2D eigenvalue weighted by atomic mass is 19.4. The van der Waals surface area contributed by atoms with Gasteiger partial charge in [-0.05, 0) is 89.9 Å². The van der Waals surface area contributed by atoms with Gasteiger partial charge in [-0.2, -0.15) is 13.2 Å². The molecular formula is C26H23F5N2O. The van der Waals surface area contributed by atoms with E-state index in [-0.39, 0.29) is 41.0 Å². The molecule has 3 nitrogen and oxygen atoms in total. The van der Waals surface area contributed by atoms with E-state index in [1.807, 2.05) is 0 Å². The Kier molecular flexibility index (Phi) is 6.45. The van der Waals surface area contributed by atoms with E-state index in [1.165, 1.54) is 24.3 Å². The number of halogens is 5.